The minimum Gasteiger partial charge on any atom is -0.493 e. The van der Waals surface area contributed by atoms with Gasteiger partial charge < -0.3 is 14.8 Å². The van der Waals surface area contributed by atoms with Crippen LogP contribution >= 0.6 is 0 Å². The Morgan fingerprint density at radius 1 is 0.971 bits per heavy atom. The Morgan fingerprint density at radius 3 is 2.50 bits per heavy atom. The fourth-order valence-electron chi connectivity index (χ4n) is 3.70. The van der Waals surface area contributed by atoms with E-state index in [2.05, 4.69) is 40.7 Å². The first-order valence-corrected chi connectivity index (χ1v) is 11.0. The van der Waals surface area contributed by atoms with E-state index in [-0.39, 0.29) is 5.91 Å². The number of hydrogen-bond donors (Lipinski definition) is 1. The third kappa shape index (κ3) is 5.72. The summed E-state index contributed by atoms with van der Waals surface area (Å²) in [6.45, 7) is 1.16. The van der Waals surface area contributed by atoms with Crippen LogP contribution in [-0.4, -0.2) is 29.9 Å². The molecule has 1 amide bonds. The van der Waals surface area contributed by atoms with E-state index in [1.165, 1.54) is 11.6 Å². The summed E-state index contributed by atoms with van der Waals surface area (Å²) in [5, 5.41) is 7.24. The fourth-order valence-corrected chi connectivity index (χ4v) is 3.70. The van der Waals surface area contributed by atoms with Crippen LogP contribution in [0.1, 0.15) is 16.7 Å². The molecule has 0 aliphatic carbocycles. The van der Waals surface area contributed by atoms with Gasteiger partial charge in [-0.25, -0.2) is 0 Å². The number of nitrogens with one attached hydrogen (secondary N) is 1. The Hall–Kier alpha value is -4.32. The smallest absolute Gasteiger partial charge is 0.244 e. The van der Waals surface area contributed by atoms with E-state index in [1.54, 1.807) is 26.5 Å². The van der Waals surface area contributed by atoms with Crippen LogP contribution < -0.4 is 14.8 Å². The largest absolute Gasteiger partial charge is 0.493 e. The Labute approximate surface area is 199 Å². The van der Waals surface area contributed by atoms with Crippen LogP contribution in [0.5, 0.6) is 11.5 Å². The summed E-state index contributed by atoms with van der Waals surface area (Å²) in [5.74, 6) is 1.10. The summed E-state index contributed by atoms with van der Waals surface area (Å²) < 4.78 is 12.5. The number of hydrogen-bond acceptors (Lipinski definition) is 4. The van der Waals surface area contributed by atoms with E-state index in [4.69, 9.17) is 9.47 Å². The molecule has 1 aromatic heterocycles. The molecular formula is C28H27N3O3. The number of rotatable bonds is 9. The third-order valence-electron chi connectivity index (χ3n) is 5.47. The molecule has 0 bridgehead atoms. The van der Waals surface area contributed by atoms with Crippen molar-refractivity contribution < 1.29 is 14.3 Å². The summed E-state index contributed by atoms with van der Waals surface area (Å²) in [5.41, 5.74) is 5.28. The molecule has 1 N–H and O–H groups in total. The van der Waals surface area contributed by atoms with Crippen LogP contribution in [0.2, 0.25) is 0 Å². The number of nitrogens with zero attached hydrogens (tertiary/aromatic N) is 2. The number of ether oxygens (including phenoxy) is 2. The molecule has 0 atom stereocenters. The first-order valence-electron chi connectivity index (χ1n) is 11.0. The molecule has 172 valence electrons. The normalized spacial score (nSPS) is 10.9. The summed E-state index contributed by atoms with van der Waals surface area (Å²) in [7, 11) is 3.18. The molecule has 0 aliphatic heterocycles. The van der Waals surface area contributed by atoms with Gasteiger partial charge in [0.05, 0.1) is 20.8 Å². The molecule has 1 heterocycles. The number of aromatic nitrogens is 2. The van der Waals surface area contributed by atoms with E-state index in [0.717, 1.165) is 28.8 Å². The fraction of sp³-hybridized carbons (Fsp3) is 0.143. The first kappa shape index (κ1) is 22.9. The van der Waals surface area contributed by atoms with Crippen molar-refractivity contribution >= 4 is 12.0 Å². The van der Waals surface area contributed by atoms with E-state index in [0.29, 0.717) is 18.0 Å². The number of amides is 1. The van der Waals surface area contributed by atoms with Crippen LogP contribution in [-0.2, 0) is 17.9 Å². The van der Waals surface area contributed by atoms with Gasteiger partial charge in [0.1, 0.15) is 0 Å². The molecule has 6 heteroatoms. The quantitative estimate of drug-likeness (QED) is 0.365. The van der Waals surface area contributed by atoms with Crippen molar-refractivity contribution in [2.24, 2.45) is 0 Å². The predicted molar refractivity (Wildman–Crippen MR) is 134 cm³/mol. The molecule has 0 saturated heterocycles. The van der Waals surface area contributed by atoms with Crippen molar-refractivity contribution in [1.29, 1.82) is 0 Å². The number of benzene rings is 3. The molecule has 0 saturated carbocycles. The molecule has 0 spiro atoms. The van der Waals surface area contributed by atoms with Crippen molar-refractivity contribution in [3.63, 3.8) is 0 Å². The van der Waals surface area contributed by atoms with Crippen molar-refractivity contribution in [1.82, 2.24) is 15.1 Å². The Morgan fingerprint density at radius 2 is 1.76 bits per heavy atom. The van der Waals surface area contributed by atoms with Gasteiger partial charge in [0, 0.05) is 25.0 Å². The lowest BCUT2D eigenvalue weighted by molar-refractivity contribution is -0.116. The molecule has 3 aromatic carbocycles. The zero-order chi connectivity index (χ0) is 23.8. The average Bonchev–Trinajstić information content (AvgIpc) is 3.39. The summed E-state index contributed by atoms with van der Waals surface area (Å²) in [4.78, 5) is 12.4. The molecule has 0 aliphatic rings. The molecule has 34 heavy (non-hydrogen) atoms. The van der Waals surface area contributed by atoms with Gasteiger partial charge in [-0.2, -0.15) is 5.10 Å². The topological polar surface area (TPSA) is 65.4 Å². The highest BCUT2D eigenvalue weighted by atomic mass is 16.5. The number of methoxy groups -OCH3 is 2. The van der Waals surface area contributed by atoms with Gasteiger partial charge in [0.15, 0.2) is 11.5 Å². The minimum atomic E-state index is -0.167. The van der Waals surface area contributed by atoms with E-state index >= 15 is 0 Å². The summed E-state index contributed by atoms with van der Waals surface area (Å²) in [6.07, 6.45) is 7.00. The molecule has 6 nitrogen and oxygen atoms in total. The van der Waals surface area contributed by atoms with Crippen LogP contribution in [0, 0.1) is 0 Å². The van der Waals surface area contributed by atoms with E-state index < -0.39 is 0 Å². The standard InChI is InChI=1S/C28H27N3O3/c1-33-26-14-10-21(18-27(26)34-2)11-15-28(32)29-19-24-6-3-4-7-25(24)23-12-8-22(9-13-23)20-31-17-5-16-30-31/h3-18H,19-20H2,1-2H3,(H,29,32). The summed E-state index contributed by atoms with van der Waals surface area (Å²) >= 11 is 0. The van der Waals surface area contributed by atoms with Crippen LogP contribution in [0.25, 0.3) is 17.2 Å². The van der Waals surface area contributed by atoms with Gasteiger partial charge in [0.2, 0.25) is 5.91 Å². The zero-order valence-electron chi connectivity index (χ0n) is 19.3. The van der Waals surface area contributed by atoms with Crippen LogP contribution in [0.3, 0.4) is 0 Å². The van der Waals surface area contributed by atoms with E-state index in [1.807, 2.05) is 53.3 Å². The summed E-state index contributed by atoms with van der Waals surface area (Å²) in [6, 6.07) is 24.0. The maximum Gasteiger partial charge on any atom is 0.244 e. The van der Waals surface area contributed by atoms with Crippen LogP contribution in [0.15, 0.2) is 91.3 Å². The Bertz CT molecular complexity index is 1260. The second-order valence-corrected chi connectivity index (χ2v) is 7.72. The molecule has 4 aromatic rings. The lowest BCUT2D eigenvalue weighted by Gasteiger charge is -2.11. The molecular weight excluding hydrogens is 426 g/mol. The first-order chi connectivity index (χ1) is 16.7. The van der Waals surface area contributed by atoms with Crippen molar-refractivity contribution in [3.05, 3.63) is 108 Å². The number of carbonyl (C=O) groups is 1. The molecule has 0 unspecified atom stereocenters. The highest BCUT2D eigenvalue weighted by Crippen LogP contribution is 2.28. The second kappa shape index (κ2) is 11.0. The van der Waals surface area contributed by atoms with Gasteiger partial charge in [-0.05, 0) is 52.1 Å². The Kier molecular flexibility index (Phi) is 7.40. The van der Waals surface area contributed by atoms with Gasteiger partial charge in [-0.15, -0.1) is 0 Å². The zero-order valence-corrected chi connectivity index (χ0v) is 19.3. The molecule has 4 rings (SSSR count). The van der Waals surface area contributed by atoms with Gasteiger partial charge in [-0.1, -0.05) is 54.6 Å². The number of carbonyl (C=O) groups excluding carboxylic acids is 1. The third-order valence-corrected chi connectivity index (χ3v) is 5.47. The lowest BCUT2D eigenvalue weighted by atomic mass is 9.98. The van der Waals surface area contributed by atoms with Gasteiger partial charge in [0.25, 0.3) is 0 Å². The van der Waals surface area contributed by atoms with Crippen LogP contribution in [0.4, 0.5) is 0 Å². The van der Waals surface area contributed by atoms with Crippen molar-refractivity contribution in [2.75, 3.05) is 14.2 Å². The predicted octanol–water partition coefficient (Wildman–Crippen LogP) is 4.95. The Balaban J connectivity index is 1.40. The lowest BCUT2D eigenvalue weighted by Crippen LogP contribution is -2.20. The van der Waals surface area contributed by atoms with Crippen molar-refractivity contribution in [2.45, 2.75) is 13.1 Å². The van der Waals surface area contributed by atoms with Crippen molar-refractivity contribution in [3.8, 4) is 22.6 Å². The highest BCUT2D eigenvalue weighted by molar-refractivity contribution is 5.91. The average molecular weight is 454 g/mol. The maximum absolute atomic E-state index is 12.4. The second-order valence-electron chi connectivity index (χ2n) is 7.72. The monoisotopic (exact) mass is 453 g/mol. The molecule has 0 fully saturated rings. The van der Waals surface area contributed by atoms with Gasteiger partial charge >= 0.3 is 0 Å². The van der Waals surface area contributed by atoms with E-state index in [9.17, 15) is 4.79 Å². The minimum absolute atomic E-state index is 0.167. The molecule has 0 radical (unpaired) electrons. The SMILES string of the molecule is COc1ccc(C=CC(=O)NCc2ccccc2-c2ccc(Cn3cccn3)cc2)cc1OC. The van der Waals surface area contributed by atoms with Gasteiger partial charge in [-0.3, -0.25) is 9.48 Å². The maximum atomic E-state index is 12.4. The highest BCUT2D eigenvalue weighted by Gasteiger charge is 2.07.